The summed E-state index contributed by atoms with van der Waals surface area (Å²) in [6.45, 7) is 2.61. The van der Waals surface area contributed by atoms with Gasteiger partial charge < -0.3 is 5.32 Å². The topological polar surface area (TPSA) is 86.2 Å². The normalized spacial score (nSPS) is 19.1. The van der Waals surface area contributed by atoms with E-state index in [1.54, 1.807) is 10.6 Å². The summed E-state index contributed by atoms with van der Waals surface area (Å²) in [4.78, 5) is 30.4. The lowest BCUT2D eigenvalue weighted by Crippen LogP contribution is -2.42. The summed E-state index contributed by atoms with van der Waals surface area (Å²) < 4.78 is 4.81. The number of imidazole rings is 1. The van der Waals surface area contributed by atoms with Crippen molar-refractivity contribution in [1.29, 1.82) is 0 Å². The number of hydrogen-bond donors (Lipinski definition) is 1. The van der Waals surface area contributed by atoms with Crippen LogP contribution in [-0.4, -0.2) is 35.7 Å². The first-order chi connectivity index (χ1) is 15.1. The van der Waals surface area contributed by atoms with Crippen LogP contribution in [0.5, 0.6) is 0 Å². The van der Waals surface area contributed by atoms with Crippen LogP contribution in [0.15, 0.2) is 53.5 Å². The fourth-order valence-electron chi connectivity index (χ4n) is 4.60. The Kier molecular flexibility index (Phi) is 5.05. The van der Waals surface area contributed by atoms with Crippen molar-refractivity contribution in [2.75, 3.05) is 0 Å². The smallest absolute Gasteiger partial charge is 0.352 e. The molecule has 0 aliphatic heterocycles. The molecule has 0 saturated heterocycles. The maximum absolute atomic E-state index is 13.1. The van der Waals surface area contributed by atoms with Crippen LogP contribution >= 0.6 is 0 Å². The van der Waals surface area contributed by atoms with Crippen LogP contribution in [-0.2, 0) is 17.9 Å². The molecule has 4 aromatic rings. The van der Waals surface area contributed by atoms with E-state index in [0.29, 0.717) is 11.7 Å². The first-order valence-electron chi connectivity index (χ1n) is 10.9. The molecular formula is C23H26N6O2. The number of nitrogens with one attached hydrogen (secondary N) is 1. The molecule has 0 bridgehead atoms. The molecule has 1 amide bonds. The molecule has 1 saturated carbocycles. The zero-order valence-electron chi connectivity index (χ0n) is 17.6. The lowest BCUT2D eigenvalue weighted by atomic mass is 9.86. The Bertz CT molecular complexity index is 1290. The number of benzene rings is 1. The third-order valence-electron chi connectivity index (χ3n) is 6.27. The molecule has 31 heavy (non-hydrogen) atoms. The Morgan fingerprint density at radius 1 is 1.10 bits per heavy atom. The third-order valence-corrected chi connectivity index (χ3v) is 6.27. The largest absolute Gasteiger partial charge is 0.352 e. The fourth-order valence-corrected chi connectivity index (χ4v) is 4.60. The van der Waals surface area contributed by atoms with Crippen LogP contribution in [0.4, 0.5) is 0 Å². The molecule has 0 unspecified atom stereocenters. The van der Waals surface area contributed by atoms with E-state index in [2.05, 4.69) is 22.3 Å². The van der Waals surface area contributed by atoms with E-state index in [9.17, 15) is 9.59 Å². The molecule has 5 rings (SSSR count). The Morgan fingerprint density at radius 3 is 2.65 bits per heavy atom. The highest BCUT2D eigenvalue weighted by atomic mass is 16.2. The summed E-state index contributed by atoms with van der Waals surface area (Å²) >= 11 is 0. The van der Waals surface area contributed by atoms with Gasteiger partial charge in [-0.3, -0.25) is 14.3 Å². The van der Waals surface area contributed by atoms with Crippen LogP contribution in [0.2, 0.25) is 0 Å². The van der Waals surface area contributed by atoms with Gasteiger partial charge in [0.2, 0.25) is 11.7 Å². The Balaban J connectivity index is 1.51. The van der Waals surface area contributed by atoms with Crippen LogP contribution in [0.25, 0.3) is 16.8 Å². The Hall–Kier alpha value is -3.42. The summed E-state index contributed by atoms with van der Waals surface area (Å²) in [5, 5.41) is 7.78. The number of para-hydroxylation sites is 2. The second-order valence-corrected chi connectivity index (χ2v) is 8.41. The molecule has 160 valence electrons. The number of rotatable bonds is 5. The van der Waals surface area contributed by atoms with Crippen molar-refractivity contribution in [2.45, 2.75) is 51.7 Å². The van der Waals surface area contributed by atoms with Gasteiger partial charge in [0.1, 0.15) is 6.54 Å². The SMILES string of the molecule is C[C@@H]1CCCC[C@@H]1NC(=O)Cn1c2ccccc2n2c(=O)n(Cc3ccccn3)nc12. The number of carbonyl (C=O) groups excluding carboxylic acids is 1. The number of pyridine rings is 1. The number of nitrogens with zero attached hydrogens (tertiary/aromatic N) is 5. The lowest BCUT2D eigenvalue weighted by Gasteiger charge is -2.29. The molecular weight excluding hydrogens is 392 g/mol. The van der Waals surface area contributed by atoms with Crippen LogP contribution in [0, 0.1) is 5.92 Å². The minimum atomic E-state index is -0.239. The van der Waals surface area contributed by atoms with Crippen LogP contribution in [0.1, 0.15) is 38.3 Å². The van der Waals surface area contributed by atoms with Crippen LogP contribution in [0.3, 0.4) is 0 Å². The van der Waals surface area contributed by atoms with E-state index in [-0.39, 0.29) is 30.7 Å². The molecule has 2 atom stereocenters. The number of carbonyl (C=O) groups is 1. The highest BCUT2D eigenvalue weighted by Crippen LogP contribution is 2.24. The molecule has 1 aliphatic carbocycles. The number of aromatic nitrogens is 5. The summed E-state index contributed by atoms with van der Waals surface area (Å²) in [5.41, 5.74) is 2.08. The zero-order valence-corrected chi connectivity index (χ0v) is 17.6. The molecule has 1 fully saturated rings. The van der Waals surface area contributed by atoms with Gasteiger partial charge in [-0.15, -0.1) is 5.10 Å². The maximum Gasteiger partial charge on any atom is 0.352 e. The molecule has 8 heteroatoms. The van der Waals surface area contributed by atoms with Gasteiger partial charge in [-0.1, -0.05) is 38.0 Å². The summed E-state index contributed by atoms with van der Waals surface area (Å²) in [6.07, 6.45) is 6.25. The second-order valence-electron chi connectivity index (χ2n) is 8.41. The van der Waals surface area contributed by atoms with Gasteiger partial charge in [-0.05, 0) is 43.0 Å². The van der Waals surface area contributed by atoms with Crippen molar-refractivity contribution in [3.05, 3.63) is 64.8 Å². The highest BCUT2D eigenvalue weighted by molar-refractivity contribution is 5.84. The Labute approximate surface area is 179 Å². The Morgan fingerprint density at radius 2 is 1.87 bits per heavy atom. The van der Waals surface area contributed by atoms with Gasteiger partial charge >= 0.3 is 5.69 Å². The number of fused-ring (bicyclic) bond motifs is 3. The molecule has 3 aromatic heterocycles. The van der Waals surface area contributed by atoms with Crippen molar-refractivity contribution < 1.29 is 4.79 Å². The van der Waals surface area contributed by atoms with Crippen molar-refractivity contribution in [2.24, 2.45) is 5.92 Å². The van der Waals surface area contributed by atoms with E-state index in [1.807, 2.05) is 47.0 Å². The van der Waals surface area contributed by atoms with E-state index in [0.717, 1.165) is 36.0 Å². The van der Waals surface area contributed by atoms with E-state index >= 15 is 0 Å². The molecule has 0 spiro atoms. The molecule has 0 radical (unpaired) electrons. The van der Waals surface area contributed by atoms with Crippen molar-refractivity contribution in [3.63, 3.8) is 0 Å². The minimum Gasteiger partial charge on any atom is -0.352 e. The average Bonchev–Trinajstić information content (AvgIpc) is 3.25. The van der Waals surface area contributed by atoms with E-state index in [4.69, 9.17) is 0 Å². The summed E-state index contributed by atoms with van der Waals surface area (Å²) in [6, 6.07) is 13.4. The lowest BCUT2D eigenvalue weighted by molar-refractivity contribution is -0.122. The van der Waals surface area contributed by atoms with Crippen molar-refractivity contribution in [3.8, 4) is 0 Å². The first-order valence-corrected chi connectivity index (χ1v) is 10.9. The first kappa shape index (κ1) is 19.5. The highest BCUT2D eigenvalue weighted by Gasteiger charge is 2.24. The van der Waals surface area contributed by atoms with E-state index in [1.165, 1.54) is 11.1 Å². The summed E-state index contributed by atoms with van der Waals surface area (Å²) in [7, 11) is 0. The molecule has 1 aliphatic rings. The van der Waals surface area contributed by atoms with Gasteiger partial charge in [0.05, 0.1) is 23.3 Å². The van der Waals surface area contributed by atoms with Crippen LogP contribution < -0.4 is 11.0 Å². The number of amides is 1. The molecule has 8 nitrogen and oxygen atoms in total. The van der Waals surface area contributed by atoms with E-state index < -0.39 is 0 Å². The third kappa shape index (κ3) is 3.62. The monoisotopic (exact) mass is 418 g/mol. The average molecular weight is 419 g/mol. The predicted molar refractivity (Wildman–Crippen MR) is 118 cm³/mol. The fraction of sp³-hybridized carbons (Fsp3) is 0.391. The predicted octanol–water partition coefficient (Wildman–Crippen LogP) is 2.59. The maximum atomic E-state index is 13.1. The standard InChI is InChI=1S/C23H26N6O2/c1-16-8-2-3-10-18(16)25-21(30)15-27-19-11-4-5-12-20(19)29-22(27)26-28(23(29)31)14-17-9-6-7-13-24-17/h4-7,9,11-13,16,18H,2-3,8,10,14-15H2,1H3,(H,25,30)/t16-,18+/m1/s1. The number of hydrogen-bond acceptors (Lipinski definition) is 4. The molecule has 3 heterocycles. The van der Waals surface area contributed by atoms with Gasteiger partial charge in [0.25, 0.3) is 0 Å². The van der Waals surface area contributed by atoms with Crippen molar-refractivity contribution in [1.82, 2.24) is 29.0 Å². The molecule has 1 N–H and O–H groups in total. The minimum absolute atomic E-state index is 0.0475. The molecule has 1 aromatic carbocycles. The quantitative estimate of drug-likeness (QED) is 0.540. The van der Waals surface area contributed by atoms with Crippen molar-refractivity contribution >= 4 is 22.7 Å². The van der Waals surface area contributed by atoms with Gasteiger partial charge in [-0.2, -0.15) is 0 Å². The van der Waals surface area contributed by atoms with Gasteiger partial charge in [-0.25, -0.2) is 13.9 Å². The van der Waals surface area contributed by atoms with Gasteiger partial charge in [0, 0.05) is 12.2 Å². The summed E-state index contributed by atoms with van der Waals surface area (Å²) in [5.74, 6) is 0.905. The van der Waals surface area contributed by atoms with Gasteiger partial charge in [0.15, 0.2) is 0 Å². The zero-order chi connectivity index (χ0) is 21.4. The second kappa shape index (κ2) is 8.02.